The lowest BCUT2D eigenvalue weighted by Crippen LogP contribution is -2.24. The number of amides is 1. The molecule has 0 atom stereocenters. The molecule has 0 saturated carbocycles. The summed E-state index contributed by atoms with van der Waals surface area (Å²) >= 11 is 0. The third-order valence-corrected chi connectivity index (χ3v) is 4.63. The Hall–Kier alpha value is -4.14. The minimum absolute atomic E-state index is 0.0438. The number of nitrogens with zero attached hydrogens (tertiary/aromatic N) is 3. The number of benzene rings is 2. The lowest BCUT2D eigenvalue weighted by molar-refractivity contribution is -0.137. The molecule has 6 nitrogen and oxygen atoms in total. The van der Waals surface area contributed by atoms with Gasteiger partial charge in [-0.05, 0) is 54.1 Å². The monoisotopic (exact) mass is 437 g/mol. The molecule has 0 fully saturated rings. The average molecular weight is 437 g/mol. The number of carbonyl (C=O) groups is 1. The van der Waals surface area contributed by atoms with Crippen LogP contribution in [-0.2, 0) is 12.7 Å². The largest absolute Gasteiger partial charge is 0.416 e. The molecule has 0 aliphatic carbocycles. The highest BCUT2D eigenvalue weighted by Crippen LogP contribution is 2.29. The van der Waals surface area contributed by atoms with Crippen molar-refractivity contribution in [2.24, 2.45) is 0 Å². The number of alkyl halides is 3. The average Bonchev–Trinajstić information content (AvgIpc) is 3.33. The van der Waals surface area contributed by atoms with Gasteiger partial charge in [0.2, 0.25) is 0 Å². The van der Waals surface area contributed by atoms with E-state index in [-0.39, 0.29) is 12.2 Å². The van der Waals surface area contributed by atoms with E-state index in [0.717, 1.165) is 23.5 Å². The molecule has 4 rings (SSSR count). The molecule has 0 radical (unpaired) electrons. The first-order valence-electron chi connectivity index (χ1n) is 9.65. The zero-order chi connectivity index (χ0) is 22.6. The highest BCUT2D eigenvalue weighted by Gasteiger charge is 2.30. The summed E-state index contributed by atoms with van der Waals surface area (Å²) in [6.07, 6.45) is 0.801. The van der Waals surface area contributed by atoms with Gasteiger partial charge in [-0.15, -0.1) is 0 Å². The molecule has 9 heteroatoms. The van der Waals surface area contributed by atoms with Crippen LogP contribution in [0.1, 0.15) is 21.6 Å². The summed E-state index contributed by atoms with van der Waals surface area (Å²) in [5, 5.41) is 5.73. The molecular formula is C23H18F3N5O. The maximum atomic E-state index is 12.8. The highest BCUT2D eigenvalue weighted by molar-refractivity contribution is 5.92. The van der Waals surface area contributed by atoms with Gasteiger partial charge in [0.15, 0.2) is 0 Å². The van der Waals surface area contributed by atoms with Gasteiger partial charge in [-0.1, -0.05) is 18.2 Å². The lowest BCUT2D eigenvalue weighted by Gasteiger charge is -2.11. The second-order valence-electron chi connectivity index (χ2n) is 6.93. The Labute approximate surface area is 181 Å². The maximum absolute atomic E-state index is 12.8. The predicted molar refractivity (Wildman–Crippen MR) is 114 cm³/mol. The number of anilines is 2. The van der Waals surface area contributed by atoms with E-state index < -0.39 is 17.6 Å². The smallest absolute Gasteiger partial charge is 0.347 e. The topological polar surface area (TPSA) is 71.8 Å². The van der Waals surface area contributed by atoms with E-state index in [2.05, 4.69) is 20.6 Å². The fourth-order valence-electron chi connectivity index (χ4n) is 3.04. The van der Waals surface area contributed by atoms with Gasteiger partial charge in [0.1, 0.15) is 11.5 Å². The summed E-state index contributed by atoms with van der Waals surface area (Å²) in [5.41, 5.74) is 1.47. The van der Waals surface area contributed by atoms with Gasteiger partial charge in [-0.25, -0.2) is 9.97 Å². The fourth-order valence-corrected chi connectivity index (χ4v) is 3.04. The number of halogens is 3. The molecule has 2 heterocycles. The quantitative estimate of drug-likeness (QED) is 0.447. The van der Waals surface area contributed by atoms with Gasteiger partial charge in [-0.2, -0.15) is 13.2 Å². The number of aromatic nitrogens is 3. The van der Waals surface area contributed by atoms with Gasteiger partial charge >= 0.3 is 6.18 Å². The van der Waals surface area contributed by atoms with Crippen LogP contribution in [0.4, 0.5) is 24.7 Å². The van der Waals surface area contributed by atoms with Crippen molar-refractivity contribution in [3.05, 3.63) is 102 Å². The Kier molecular flexibility index (Phi) is 5.89. The molecule has 1 amide bonds. The summed E-state index contributed by atoms with van der Waals surface area (Å²) in [6, 6.07) is 17.3. The van der Waals surface area contributed by atoms with Crippen molar-refractivity contribution in [3.63, 3.8) is 0 Å². The standard InChI is InChI=1S/C23H18F3N5O/c24-23(25,26)17-4-1-3-16(13-17)14-28-22(32)20-5-2-6-21(30-20)29-18-7-9-19(10-8-18)31-12-11-27-15-31/h1-13,15H,14H2,(H,28,32)(H,29,30). The molecule has 2 aromatic carbocycles. The van der Waals surface area contributed by atoms with E-state index in [1.807, 2.05) is 35.0 Å². The SMILES string of the molecule is O=C(NCc1cccc(C(F)(F)F)c1)c1cccc(Nc2ccc(-n3ccnc3)cc2)n1. The van der Waals surface area contributed by atoms with Crippen LogP contribution in [0.2, 0.25) is 0 Å². The first-order chi connectivity index (χ1) is 15.4. The lowest BCUT2D eigenvalue weighted by atomic mass is 10.1. The summed E-state index contributed by atoms with van der Waals surface area (Å²) in [4.78, 5) is 20.8. The van der Waals surface area contributed by atoms with Crippen molar-refractivity contribution in [2.75, 3.05) is 5.32 Å². The Morgan fingerprint density at radius 2 is 1.78 bits per heavy atom. The third kappa shape index (κ3) is 5.12. The number of hydrogen-bond donors (Lipinski definition) is 2. The van der Waals surface area contributed by atoms with E-state index in [1.54, 1.807) is 24.7 Å². The van der Waals surface area contributed by atoms with Crippen molar-refractivity contribution in [1.82, 2.24) is 19.9 Å². The highest BCUT2D eigenvalue weighted by atomic mass is 19.4. The van der Waals surface area contributed by atoms with E-state index >= 15 is 0 Å². The van der Waals surface area contributed by atoms with Crippen LogP contribution >= 0.6 is 0 Å². The van der Waals surface area contributed by atoms with Crippen LogP contribution in [0.15, 0.2) is 85.5 Å². The van der Waals surface area contributed by atoms with Gasteiger partial charge in [0.25, 0.3) is 5.91 Å². The molecule has 32 heavy (non-hydrogen) atoms. The molecule has 0 aliphatic heterocycles. The minimum atomic E-state index is -4.43. The Morgan fingerprint density at radius 1 is 1.00 bits per heavy atom. The molecule has 2 aromatic heterocycles. The first-order valence-corrected chi connectivity index (χ1v) is 9.65. The maximum Gasteiger partial charge on any atom is 0.416 e. The summed E-state index contributed by atoms with van der Waals surface area (Å²) < 4.78 is 40.4. The molecule has 0 bridgehead atoms. The minimum Gasteiger partial charge on any atom is -0.347 e. The second-order valence-corrected chi connectivity index (χ2v) is 6.93. The Balaban J connectivity index is 1.40. The second kappa shape index (κ2) is 8.93. The van der Waals surface area contributed by atoms with Crippen molar-refractivity contribution >= 4 is 17.4 Å². The third-order valence-electron chi connectivity index (χ3n) is 4.63. The van der Waals surface area contributed by atoms with Crippen molar-refractivity contribution in [2.45, 2.75) is 12.7 Å². The van der Waals surface area contributed by atoms with Gasteiger partial charge in [0.05, 0.1) is 11.9 Å². The molecule has 0 unspecified atom stereocenters. The molecule has 4 aromatic rings. The number of rotatable bonds is 6. The molecule has 2 N–H and O–H groups in total. The van der Waals surface area contributed by atoms with Crippen molar-refractivity contribution in [1.29, 1.82) is 0 Å². The first kappa shape index (κ1) is 21.1. The van der Waals surface area contributed by atoms with E-state index in [9.17, 15) is 18.0 Å². The number of carbonyl (C=O) groups excluding carboxylic acids is 1. The summed E-state index contributed by atoms with van der Waals surface area (Å²) in [6.45, 7) is -0.0438. The van der Waals surface area contributed by atoms with Gasteiger partial charge < -0.3 is 15.2 Å². The van der Waals surface area contributed by atoms with Crippen molar-refractivity contribution in [3.8, 4) is 5.69 Å². The van der Waals surface area contributed by atoms with Crippen LogP contribution in [0.5, 0.6) is 0 Å². The van der Waals surface area contributed by atoms with Crippen LogP contribution in [0, 0.1) is 0 Å². The Morgan fingerprint density at radius 3 is 2.50 bits per heavy atom. The van der Waals surface area contributed by atoms with Gasteiger partial charge in [0, 0.05) is 30.3 Å². The van der Waals surface area contributed by atoms with E-state index in [4.69, 9.17) is 0 Å². The van der Waals surface area contributed by atoms with E-state index in [1.165, 1.54) is 18.2 Å². The number of pyridine rings is 1. The van der Waals surface area contributed by atoms with E-state index in [0.29, 0.717) is 11.4 Å². The molecule has 0 aliphatic rings. The van der Waals surface area contributed by atoms with Crippen LogP contribution in [0.25, 0.3) is 5.69 Å². The zero-order valence-corrected chi connectivity index (χ0v) is 16.7. The molecule has 0 saturated heterocycles. The number of nitrogens with one attached hydrogen (secondary N) is 2. The summed E-state index contributed by atoms with van der Waals surface area (Å²) in [5.74, 6) is -0.0198. The van der Waals surface area contributed by atoms with Crippen LogP contribution in [-0.4, -0.2) is 20.4 Å². The van der Waals surface area contributed by atoms with Crippen LogP contribution < -0.4 is 10.6 Å². The van der Waals surface area contributed by atoms with Crippen LogP contribution in [0.3, 0.4) is 0 Å². The zero-order valence-electron chi connectivity index (χ0n) is 16.7. The molecule has 0 spiro atoms. The van der Waals surface area contributed by atoms with Crippen molar-refractivity contribution < 1.29 is 18.0 Å². The molecule has 162 valence electrons. The van der Waals surface area contributed by atoms with Gasteiger partial charge in [-0.3, -0.25) is 4.79 Å². The molecular weight excluding hydrogens is 419 g/mol. The summed E-state index contributed by atoms with van der Waals surface area (Å²) in [7, 11) is 0. The number of hydrogen-bond acceptors (Lipinski definition) is 4. The normalized spacial score (nSPS) is 11.2. The Bertz CT molecular complexity index is 1210. The predicted octanol–water partition coefficient (Wildman–Crippen LogP) is 4.96. The number of imidazole rings is 1. The fraction of sp³-hybridized carbons (Fsp3) is 0.0870.